The summed E-state index contributed by atoms with van der Waals surface area (Å²) in [5.74, 6) is 1.71. The topological polar surface area (TPSA) is 68.0 Å². The van der Waals surface area contributed by atoms with E-state index in [1.807, 2.05) is 12.1 Å². The second-order valence-corrected chi connectivity index (χ2v) is 4.96. The van der Waals surface area contributed by atoms with Gasteiger partial charge in [0.1, 0.15) is 12.4 Å². The fourth-order valence-electron chi connectivity index (χ4n) is 1.92. The van der Waals surface area contributed by atoms with E-state index in [1.54, 1.807) is 20.4 Å². The number of nitrogens with zero attached hydrogens (tertiary/aromatic N) is 1. The van der Waals surface area contributed by atoms with E-state index in [0.29, 0.717) is 13.2 Å². The quantitative estimate of drug-likeness (QED) is 0.352. The summed E-state index contributed by atoms with van der Waals surface area (Å²) in [5, 5.41) is 6.58. The first-order chi connectivity index (χ1) is 10.9. The number of furan rings is 1. The van der Waals surface area contributed by atoms with Crippen LogP contribution in [0.3, 0.4) is 0 Å². The second-order valence-electron chi connectivity index (χ2n) is 4.96. The van der Waals surface area contributed by atoms with E-state index < -0.39 is 0 Å². The molecule has 0 atom stereocenters. The van der Waals surface area contributed by atoms with Gasteiger partial charge in [0.25, 0.3) is 0 Å². The minimum absolute atomic E-state index is 0.529. The van der Waals surface area contributed by atoms with Crippen molar-refractivity contribution in [3.8, 4) is 0 Å². The molecule has 0 unspecified atom stereocenters. The molecular formula is C16H29N3O3. The number of ether oxygens (including phenoxy) is 2. The van der Waals surface area contributed by atoms with Crippen molar-refractivity contribution in [1.82, 2.24) is 10.6 Å². The Bertz CT molecular complexity index is 380. The maximum absolute atomic E-state index is 5.52. The van der Waals surface area contributed by atoms with E-state index in [2.05, 4.69) is 15.6 Å². The van der Waals surface area contributed by atoms with Gasteiger partial charge in [0.2, 0.25) is 0 Å². The molecule has 0 saturated carbocycles. The van der Waals surface area contributed by atoms with Gasteiger partial charge in [0, 0.05) is 40.5 Å². The molecule has 0 aliphatic rings. The van der Waals surface area contributed by atoms with E-state index in [0.717, 1.165) is 50.7 Å². The maximum Gasteiger partial charge on any atom is 0.190 e. The molecule has 0 fully saturated rings. The van der Waals surface area contributed by atoms with Crippen molar-refractivity contribution >= 4 is 5.96 Å². The Labute approximate surface area is 133 Å². The van der Waals surface area contributed by atoms with E-state index in [4.69, 9.17) is 13.9 Å². The van der Waals surface area contributed by atoms with Crippen LogP contribution in [0.2, 0.25) is 0 Å². The number of methoxy groups -OCH3 is 1. The molecule has 0 radical (unpaired) electrons. The van der Waals surface area contributed by atoms with Gasteiger partial charge < -0.3 is 24.5 Å². The third-order valence-corrected chi connectivity index (χ3v) is 3.12. The van der Waals surface area contributed by atoms with Gasteiger partial charge in [-0.1, -0.05) is 0 Å². The molecule has 6 heteroatoms. The van der Waals surface area contributed by atoms with Crippen molar-refractivity contribution in [3.05, 3.63) is 24.2 Å². The molecular weight excluding hydrogens is 282 g/mol. The third kappa shape index (κ3) is 9.41. The molecule has 1 heterocycles. The van der Waals surface area contributed by atoms with Crippen molar-refractivity contribution < 1.29 is 13.9 Å². The van der Waals surface area contributed by atoms with Crippen molar-refractivity contribution in [2.75, 3.05) is 40.5 Å². The molecule has 1 aromatic rings. The largest absolute Gasteiger partial charge is 0.467 e. The van der Waals surface area contributed by atoms with Crippen LogP contribution < -0.4 is 10.6 Å². The summed E-state index contributed by atoms with van der Waals surface area (Å²) in [6, 6.07) is 3.78. The average Bonchev–Trinajstić information content (AvgIpc) is 3.05. The predicted molar refractivity (Wildman–Crippen MR) is 88.1 cm³/mol. The van der Waals surface area contributed by atoms with Crippen LogP contribution in [0.1, 0.15) is 31.4 Å². The lowest BCUT2D eigenvalue weighted by atomic mass is 10.2. The van der Waals surface area contributed by atoms with Crippen molar-refractivity contribution in [2.24, 2.45) is 4.99 Å². The van der Waals surface area contributed by atoms with Gasteiger partial charge in [-0.05, 0) is 37.8 Å². The Kier molecular flexibility index (Phi) is 11.1. The Morgan fingerprint density at radius 1 is 1.14 bits per heavy atom. The third-order valence-electron chi connectivity index (χ3n) is 3.12. The molecule has 0 aliphatic carbocycles. The van der Waals surface area contributed by atoms with Crippen LogP contribution in [0.15, 0.2) is 27.8 Å². The zero-order valence-corrected chi connectivity index (χ0v) is 13.8. The molecule has 0 spiro atoms. The highest BCUT2D eigenvalue weighted by atomic mass is 16.5. The van der Waals surface area contributed by atoms with Gasteiger partial charge in [0.15, 0.2) is 5.96 Å². The minimum Gasteiger partial charge on any atom is -0.467 e. The van der Waals surface area contributed by atoms with Crippen LogP contribution in [0, 0.1) is 0 Å². The lowest BCUT2D eigenvalue weighted by Crippen LogP contribution is -2.38. The lowest BCUT2D eigenvalue weighted by Gasteiger charge is -2.11. The number of rotatable bonds is 12. The first kappa shape index (κ1) is 18.5. The van der Waals surface area contributed by atoms with Crippen molar-refractivity contribution in [2.45, 2.75) is 32.3 Å². The van der Waals surface area contributed by atoms with Crippen LogP contribution in [-0.2, 0) is 16.1 Å². The predicted octanol–water partition coefficient (Wildman–Crippen LogP) is 2.17. The van der Waals surface area contributed by atoms with Crippen LogP contribution in [0.5, 0.6) is 0 Å². The summed E-state index contributed by atoms with van der Waals surface area (Å²) in [5.41, 5.74) is 0. The first-order valence-corrected chi connectivity index (χ1v) is 7.90. The molecule has 126 valence electrons. The molecule has 22 heavy (non-hydrogen) atoms. The number of aliphatic imine (C=N–C) groups is 1. The summed E-state index contributed by atoms with van der Waals surface area (Å²) >= 11 is 0. The molecule has 0 aromatic carbocycles. The molecule has 0 amide bonds. The maximum atomic E-state index is 5.52. The lowest BCUT2D eigenvalue weighted by molar-refractivity contribution is 0.105. The fraction of sp³-hybridized carbons (Fsp3) is 0.688. The molecule has 0 saturated heterocycles. The van der Waals surface area contributed by atoms with Crippen LogP contribution in [-0.4, -0.2) is 46.4 Å². The first-order valence-electron chi connectivity index (χ1n) is 7.90. The number of guanidine groups is 1. The molecule has 2 N–H and O–H groups in total. The van der Waals surface area contributed by atoms with Gasteiger partial charge in [0.05, 0.1) is 6.26 Å². The van der Waals surface area contributed by atoms with Gasteiger partial charge in [-0.3, -0.25) is 4.99 Å². The molecule has 0 aliphatic heterocycles. The molecule has 0 bridgehead atoms. The van der Waals surface area contributed by atoms with Gasteiger partial charge in [-0.2, -0.15) is 0 Å². The Hall–Kier alpha value is -1.53. The minimum atomic E-state index is 0.529. The van der Waals surface area contributed by atoms with Gasteiger partial charge >= 0.3 is 0 Å². The van der Waals surface area contributed by atoms with Gasteiger partial charge in [-0.25, -0.2) is 0 Å². The van der Waals surface area contributed by atoms with E-state index in [-0.39, 0.29) is 0 Å². The van der Waals surface area contributed by atoms with E-state index >= 15 is 0 Å². The van der Waals surface area contributed by atoms with Gasteiger partial charge in [-0.15, -0.1) is 0 Å². The highest BCUT2D eigenvalue weighted by Gasteiger charge is 1.98. The smallest absolute Gasteiger partial charge is 0.190 e. The van der Waals surface area contributed by atoms with E-state index in [9.17, 15) is 0 Å². The average molecular weight is 311 g/mol. The summed E-state index contributed by atoms with van der Waals surface area (Å²) in [4.78, 5) is 4.19. The van der Waals surface area contributed by atoms with Crippen LogP contribution >= 0.6 is 0 Å². The summed E-state index contributed by atoms with van der Waals surface area (Å²) < 4.78 is 15.7. The number of hydrogen-bond acceptors (Lipinski definition) is 4. The Morgan fingerprint density at radius 2 is 1.95 bits per heavy atom. The summed E-state index contributed by atoms with van der Waals surface area (Å²) in [6.45, 7) is 3.83. The molecule has 1 aromatic heterocycles. The standard InChI is InChI=1S/C16H29N3O3/c1-17-16(18-9-4-3-5-11-20-2)19-10-7-12-21-14-15-8-6-13-22-15/h6,8,13H,3-5,7,9-12,14H2,1-2H3,(H2,17,18,19). The number of nitrogens with one attached hydrogen (secondary N) is 2. The number of hydrogen-bond donors (Lipinski definition) is 2. The second kappa shape index (κ2) is 13.2. The summed E-state index contributed by atoms with van der Waals surface area (Å²) in [7, 11) is 3.52. The zero-order valence-electron chi connectivity index (χ0n) is 13.8. The van der Waals surface area contributed by atoms with Crippen molar-refractivity contribution in [3.63, 3.8) is 0 Å². The fourth-order valence-corrected chi connectivity index (χ4v) is 1.92. The van der Waals surface area contributed by atoms with Crippen LogP contribution in [0.4, 0.5) is 0 Å². The number of unbranched alkanes of at least 4 members (excludes halogenated alkanes) is 2. The Balaban J connectivity index is 1.92. The SMILES string of the molecule is CN=C(NCCCCCOC)NCCCOCc1ccco1. The highest BCUT2D eigenvalue weighted by molar-refractivity contribution is 5.79. The highest BCUT2D eigenvalue weighted by Crippen LogP contribution is 2.01. The monoisotopic (exact) mass is 311 g/mol. The Morgan fingerprint density at radius 3 is 2.64 bits per heavy atom. The molecule has 1 rings (SSSR count). The van der Waals surface area contributed by atoms with Crippen LogP contribution in [0.25, 0.3) is 0 Å². The molecule has 6 nitrogen and oxygen atoms in total. The normalized spacial score (nSPS) is 11.6. The summed E-state index contributed by atoms with van der Waals surface area (Å²) in [6.07, 6.45) is 5.98. The van der Waals surface area contributed by atoms with E-state index in [1.165, 1.54) is 6.42 Å². The zero-order chi connectivity index (χ0) is 15.9. The van der Waals surface area contributed by atoms with Crippen molar-refractivity contribution in [1.29, 1.82) is 0 Å².